The highest BCUT2D eigenvalue weighted by atomic mass is 127. The van der Waals surface area contributed by atoms with E-state index >= 15 is 0 Å². The van der Waals surface area contributed by atoms with E-state index in [1.54, 1.807) is 4.40 Å². The summed E-state index contributed by atoms with van der Waals surface area (Å²) in [5.74, 6) is 0. The van der Waals surface area contributed by atoms with Crippen LogP contribution >= 0.6 is 22.6 Å². The zero-order chi connectivity index (χ0) is 13.7. The highest BCUT2D eigenvalue weighted by Crippen LogP contribution is 2.22. The average molecular weight is 372 g/mol. The summed E-state index contributed by atoms with van der Waals surface area (Å²) in [6.45, 7) is 0. The summed E-state index contributed by atoms with van der Waals surface area (Å²) >= 11 is 2.19. The standard InChI is InChI=1S/C16H9IN2O/c17-11-6-8-14-18-15-12-4-2-1-3-10(12)5-7-13(15)16(20)19(14)9-11/h1-9H. The monoisotopic (exact) mass is 372 g/mol. The molecule has 0 aliphatic heterocycles. The van der Waals surface area contributed by atoms with Crippen molar-refractivity contribution in [2.75, 3.05) is 0 Å². The molecule has 0 spiro atoms. The molecule has 0 saturated carbocycles. The Morgan fingerprint density at radius 3 is 2.70 bits per heavy atom. The number of rotatable bonds is 0. The molecule has 0 fully saturated rings. The fourth-order valence-electron chi connectivity index (χ4n) is 2.51. The zero-order valence-corrected chi connectivity index (χ0v) is 12.5. The van der Waals surface area contributed by atoms with Crippen molar-refractivity contribution in [3.8, 4) is 0 Å². The molecule has 4 heteroatoms. The van der Waals surface area contributed by atoms with Crippen LogP contribution in [0.25, 0.3) is 27.3 Å². The van der Waals surface area contributed by atoms with E-state index in [-0.39, 0.29) is 5.56 Å². The summed E-state index contributed by atoms with van der Waals surface area (Å²) in [7, 11) is 0. The van der Waals surface area contributed by atoms with Crippen LogP contribution in [-0.2, 0) is 0 Å². The first-order chi connectivity index (χ1) is 9.74. The minimum Gasteiger partial charge on any atom is -0.268 e. The minimum absolute atomic E-state index is 0.0192. The van der Waals surface area contributed by atoms with Gasteiger partial charge in [0.25, 0.3) is 5.56 Å². The lowest BCUT2D eigenvalue weighted by molar-refractivity contribution is 1.07. The quantitative estimate of drug-likeness (QED) is 0.269. The lowest BCUT2D eigenvalue weighted by atomic mass is 10.1. The Morgan fingerprint density at radius 1 is 0.950 bits per heavy atom. The Morgan fingerprint density at radius 2 is 1.80 bits per heavy atom. The molecule has 0 amide bonds. The maximum Gasteiger partial charge on any atom is 0.265 e. The van der Waals surface area contributed by atoms with Gasteiger partial charge in [0.2, 0.25) is 0 Å². The Hall–Kier alpha value is -1.95. The van der Waals surface area contributed by atoms with Crippen LogP contribution in [0.5, 0.6) is 0 Å². The summed E-state index contributed by atoms with van der Waals surface area (Å²) < 4.78 is 2.62. The van der Waals surface area contributed by atoms with Gasteiger partial charge in [-0.25, -0.2) is 4.98 Å². The summed E-state index contributed by atoms with van der Waals surface area (Å²) in [5.41, 5.74) is 1.43. The van der Waals surface area contributed by atoms with E-state index < -0.39 is 0 Å². The van der Waals surface area contributed by atoms with E-state index in [9.17, 15) is 4.79 Å². The average Bonchev–Trinajstić information content (AvgIpc) is 2.48. The molecular weight excluding hydrogens is 363 g/mol. The number of aromatic nitrogens is 2. The fourth-order valence-corrected chi connectivity index (χ4v) is 2.97. The highest BCUT2D eigenvalue weighted by Gasteiger charge is 2.08. The SMILES string of the molecule is O=c1c2ccc3ccccc3c2nc2ccc(I)cn12. The molecular formula is C16H9IN2O. The van der Waals surface area contributed by atoms with E-state index in [4.69, 9.17) is 0 Å². The summed E-state index contributed by atoms with van der Waals surface area (Å²) in [5, 5.41) is 2.77. The van der Waals surface area contributed by atoms with Crippen LogP contribution in [0.1, 0.15) is 0 Å². The summed E-state index contributed by atoms with van der Waals surface area (Å²) in [6.07, 6.45) is 1.82. The molecule has 0 aliphatic rings. The van der Waals surface area contributed by atoms with Crippen molar-refractivity contribution in [3.05, 3.63) is 68.7 Å². The molecule has 0 aliphatic carbocycles. The first-order valence-corrected chi connectivity index (χ1v) is 7.31. The molecule has 20 heavy (non-hydrogen) atoms. The molecule has 0 radical (unpaired) electrons. The van der Waals surface area contributed by atoms with Crippen LogP contribution < -0.4 is 5.56 Å². The van der Waals surface area contributed by atoms with Crippen molar-refractivity contribution in [1.29, 1.82) is 0 Å². The minimum atomic E-state index is -0.0192. The van der Waals surface area contributed by atoms with Crippen molar-refractivity contribution in [1.82, 2.24) is 9.38 Å². The van der Waals surface area contributed by atoms with Crippen molar-refractivity contribution in [2.24, 2.45) is 0 Å². The molecule has 0 N–H and O–H groups in total. The Bertz CT molecular complexity index is 1040. The van der Waals surface area contributed by atoms with Crippen LogP contribution in [0, 0.1) is 3.57 Å². The molecule has 0 bridgehead atoms. The summed E-state index contributed by atoms with van der Waals surface area (Å²) in [6, 6.07) is 15.7. The second-order valence-electron chi connectivity index (χ2n) is 4.68. The van der Waals surface area contributed by atoms with E-state index in [1.807, 2.05) is 54.7 Å². The largest absolute Gasteiger partial charge is 0.268 e. The third-order valence-corrected chi connectivity index (χ3v) is 4.11. The van der Waals surface area contributed by atoms with Gasteiger partial charge in [0.05, 0.1) is 10.9 Å². The molecule has 4 aromatic rings. The maximum atomic E-state index is 12.6. The van der Waals surface area contributed by atoms with Crippen LogP contribution in [0.15, 0.2) is 59.5 Å². The van der Waals surface area contributed by atoms with Crippen molar-refractivity contribution < 1.29 is 0 Å². The second kappa shape index (κ2) is 4.28. The number of halogens is 1. The zero-order valence-electron chi connectivity index (χ0n) is 10.4. The van der Waals surface area contributed by atoms with Crippen molar-refractivity contribution in [3.63, 3.8) is 0 Å². The lowest BCUT2D eigenvalue weighted by Gasteiger charge is -2.06. The van der Waals surface area contributed by atoms with Gasteiger partial charge in [-0.1, -0.05) is 30.3 Å². The number of hydrogen-bond acceptors (Lipinski definition) is 2. The Balaban J connectivity index is 2.31. The number of nitrogens with zero attached hydrogens (tertiary/aromatic N) is 2. The van der Waals surface area contributed by atoms with Gasteiger partial charge in [-0.15, -0.1) is 0 Å². The summed E-state index contributed by atoms with van der Waals surface area (Å²) in [4.78, 5) is 17.3. The van der Waals surface area contributed by atoms with E-state index in [1.165, 1.54) is 0 Å². The fraction of sp³-hybridized carbons (Fsp3) is 0. The van der Waals surface area contributed by atoms with E-state index in [0.717, 1.165) is 19.9 Å². The van der Waals surface area contributed by atoms with Gasteiger partial charge >= 0.3 is 0 Å². The third-order valence-electron chi connectivity index (χ3n) is 3.47. The number of pyridine rings is 1. The normalized spacial score (nSPS) is 11.4. The molecule has 3 nitrogen and oxygen atoms in total. The molecule has 2 heterocycles. The van der Waals surface area contributed by atoms with Gasteiger partial charge in [0.15, 0.2) is 0 Å². The van der Waals surface area contributed by atoms with Crippen LogP contribution in [0.4, 0.5) is 0 Å². The highest BCUT2D eigenvalue weighted by molar-refractivity contribution is 14.1. The van der Waals surface area contributed by atoms with Gasteiger partial charge in [-0.3, -0.25) is 9.20 Å². The van der Waals surface area contributed by atoms with Crippen LogP contribution in [-0.4, -0.2) is 9.38 Å². The molecule has 2 aromatic carbocycles. The van der Waals surface area contributed by atoms with Crippen molar-refractivity contribution >= 4 is 49.9 Å². The predicted octanol–water partition coefficient (Wildman–Crippen LogP) is 3.61. The van der Waals surface area contributed by atoms with Gasteiger partial charge in [-0.05, 0) is 46.2 Å². The molecule has 2 aromatic heterocycles. The van der Waals surface area contributed by atoms with Crippen molar-refractivity contribution in [2.45, 2.75) is 0 Å². The molecule has 96 valence electrons. The molecule has 4 rings (SSSR count). The van der Waals surface area contributed by atoms with Crippen LogP contribution in [0.3, 0.4) is 0 Å². The van der Waals surface area contributed by atoms with Gasteiger partial charge in [0, 0.05) is 15.2 Å². The molecule has 0 saturated heterocycles. The molecule has 0 unspecified atom stereocenters. The predicted molar refractivity (Wildman–Crippen MR) is 89.2 cm³/mol. The Kier molecular flexibility index (Phi) is 2.53. The van der Waals surface area contributed by atoms with Crippen LogP contribution in [0.2, 0.25) is 0 Å². The maximum absolute atomic E-state index is 12.6. The number of benzene rings is 2. The number of hydrogen-bond donors (Lipinski definition) is 0. The smallest absolute Gasteiger partial charge is 0.265 e. The Labute approximate surface area is 128 Å². The topological polar surface area (TPSA) is 34.4 Å². The van der Waals surface area contributed by atoms with E-state index in [2.05, 4.69) is 27.6 Å². The van der Waals surface area contributed by atoms with Gasteiger partial charge in [-0.2, -0.15) is 0 Å². The van der Waals surface area contributed by atoms with Gasteiger partial charge < -0.3 is 0 Å². The molecule has 0 atom stereocenters. The van der Waals surface area contributed by atoms with E-state index in [0.29, 0.717) is 11.0 Å². The second-order valence-corrected chi connectivity index (χ2v) is 5.92. The van der Waals surface area contributed by atoms with Gasteiger partial charge in [0.1, 0.15) is 5.65 Å². The number of fused-ring (bicyclic) bond motifs is 4. The lowest BCUT2D eigenvalue weighted by Crippen LogP contribution is -2.15. The third kappa shape index (κ3) is 1.64. The first kappa shape index (κ1) is 11.8. The first-order valence-electron chi connectivity index (χ1n) is 6.23.